The maximum absolute atomic E-state index is 12.8. The number of likely N-dealkylation sites (tertiary alicyclic amines) is 1. The van der Waals surface area contributed by atoms with Crippen LogP contribution in [0.25, 0.3) is 0 Å². The molecule has 1 saturated heterocycles. The molecule has 7 heteroatoms. The van der Waals surface area contributed by atoms with Gasteiger partial charge in [0.05, 0.1) is 6.54 Å². The lowest BCUT2D eigenvalue weighted by Crippen LogP contribution is -2.26. The van der Waals surface area contributed by atoms with Gasteiger partial charge in [0, 0.05) is 13.0 Å². The molecular formula is C15H22F3N3O. The first-order valence-electron chi connectivity index (χ1n) is 7.82. The van der Waals surface area contributed by atoms with Crippen LogP contribution in [0.3, 0.4) is 0 Å². The van der Waals surface area contributed by atoms with Gasteiger partial charge in [-0.3, -0.25) is 9.48 Å². The minimum absolute atomic E-state index is 0.0833. The minimum Gasteiger partial charge on any atom is -0.301 e. The molecule has 124 valence electrons. The Hall–Kier alpha value is -1.37. The summed E-state index contributed by atoms with van der Waals surface area (Å²) in [6.45, 7) is 4.83. The maximum Gasteiger partial charge on any atom is 0.435 e. The molecule has 0 bridgehead atoms. The van der Waals surface area contributed by atoms with Crippen molar-refractivity contribution in [2.24, 2.45) is 0 Å². The number of carbonyl (C=O) groups is 1. The Balaban J connectivity index is 2.13. The lowest BCUT2D eigenvalue weighted by Gasteiger charge is -2.15. The predicted octanol–water partition coefficient (Wildman–Crippen LogP) is 3.37. The molecule has 4 nitrogen and oxygen atoms in total. The van der Waals surface area contributed by atoms with Gasteiger partial charge in [0.1, 0.15) is 5.69 Å². The van der Waals surface area contributed by atoms with Gasteiger partial charge in [0.15, 0.2) is 11.5 Å². The summed E-state index contributed by atoms with van der Waals surface area (Å²) in [5, 5.41) is 3.62. The highest BCUT2D eigenvalue weighted by atomic mass is 19.4. The van der Waals surface area contributed by atoms with Crippen LogP contribution in [0.2, 0.25) is 0 Å². The third-order valence-electron chi connectivity index (χ3n) is 3.94. The predicted molar refractivity (Wildman–Crippen MR) is 76.8 cm³/mol. The molecule has 1 fully saturated rings. The Morgan fingerprint density at radius 2 is 1.95 bits per heavy atom. The first kappa shape index (κ1) is 17.0. The summed E-state index contributed by atoms with van der Waals surface area (Å²) in [7, 11) is 0. The number of hydrogen-bond acceptors (Lipinski definition) is 3. The maximum atomic E-state index is 12.8. The Morgan fingerprint density at radius 3 is 2.55 bits per heavy atom. The van der Waals surface area contributed by atoms with E-state index < -0.39 is 11.9 Å². The molecule has 22 heavy (non-hydrogen) atoms. The van der Waals surface area contributed by atoms with Crippen molar-refractivity contribution in [2.45, 2.75) is 51.7 Å². The molecule has 2 rings (SSSR count). The molecule has 0 unspecified atom stereocenters. The van der Waals surface area contributed by atoms with Crippen molar-refractivity contribution in [3.63, 3.8) is 0 Å². The van der Waals surface area contributed by atoms with E-state index in [0.717, 1.165) is 38.4 Å². The minimum atomic E-state index is -4.52. The largest absolute Gasteiger partial charge is 0.435 e. The van der Waals surface area contributed by atoms with Crippen molar-refractivity contribution < 1.29 is 18.0 Å². The molecule has 0 amide bonds. The molecule has 0 spiro atoms. The number of Topliss-reactive ketones (excluding diaryl/α,β-unsaturated/α-hetero) is 1. The van der Waals surface area contributed by atoms with E-state index in [-0.39, 0.29) is 17.9 Å². The Morgan fingerprint density at radius 1 is 1.27 bits per heavy atom. The van der Waals surface area contributed by atoms with Crippen LogP contribution in [0, 0.1) is 0 Å². The number of rotatable bonds is 7. The van der Waals surface area contributed by atoms with E-state index in [1.807, 2.05) is 6.92 Å². The zero-order valence-corrected chi connectivity index (χ0v) is 12.8. The van der Waals surface area contributed by atoms with Crippen LogP contribution in [0.1, 0.15) is 55.2 Å². The second-order valence-corrected chi connectivity index (χ2v) is 5.71. The van der Waals surface area contributed by atoms with Crippen molar-refractivity contribution in [1.29, 1.82) is 0 Å². The quantitative estimate of drug-likeness (QED) is 0.724. The Bertz CT molecular complexity index is 505. The van der Waals surface area contributed by atoms with Gasteiger partial charge in [-0.25, -0.2) is 0 Å². The van der Waals surface area contributed by atoms with Gasteiger partial charge in [-0.2, -0.15) is 18.3 Å². The second-order valence-electron chi connectivity index (χ2n) is 5.71. The van der Waals surface area contributed by atoms with Gasteiger partial charge in [-0.1, -0.05) is 13.3 Å². The summed E-state index contributed by atoms with van der Waals surface area (Å²) in [6.07, 6.45) is -0.496. The van der Waals surface area contributed by atoms with E-state index in [1.165, 1.54) is 4.68 Å². The topological polar surface area (TPSA) is 38.1 Å². The molecule has 0 atom stereocenters. The number of unbranched alkanes of at least 4 members (excludes halogenated alkanes) is 1. The highest BCUT2D eigenvalue weighted by Crippen LogP contribution is 2.29. The smallest absolute Gasteiger partial charge is 0.301 e. The van der Waals surface area contributed by atoms with Crippen molar-refractivity contribution in [2.75, 3.05) is 19.6 Å². The van der Waals surface area contributed by atoms with E-state index in [2.05, 4.69) is 10.00 Å². The van der Waals surface area contributed by atoms with Gasteiger partial charge in [0.2, 0.25) is 0 Å². The van der Waals surface area contributed by atoms with E-state index in [1.54, 1.807) is 0 Å². The molecule has 0 aromatic carbocycles. The lowest BCUT2D eigenvalue weighted by molar-refractivity contribution is -0.141. The lowest BCUT2D eigenvalue weighted by atomic mass is 10.1. The summed E-state index contributed by atoms with van der Waals surface area (Å²) < 4.78 is 39.8. The Kier molecular flexibility index (Phi) is 5.61. The molecule has 2 heterocycles. The van der Waals surface area contributed by atoms with Crippen molar-refractivity contribution in [3.8, 4) is 0 Å². The third kappa shape index (κ3) is 4.32. The van der Waals surface area contributed by atoms with E-state index in [9.17, 15) is 18.0 Å². The first-order valence-corrected chi connectivity index (χ1v) is 7.82. The number of hydrogen-bond donors (Lipinski definition) is 0. The number of ketones is 1. The van der Waals surface area contributed by atoms with Gasteiger partial charge >= 0.3 is 6.18 Å². The fourth-order valence-corrected chi connectivity index (χ4v) is 2.66. The van der Waals surface area contributed by atoms with Crippen LogP contribution in [0.5, 0.6) is 0 Å². The average Bonchev–Trinajstić information content (AvgIpc) is 3.10. The van der Waals surface area contributed by atoms with E-state index in [4.69, 9.17) is 0 Å². The van der Waals surface area contributed by atoms with Crippen LogP contribution < -0.4 is 0 Å². The SMILES string of the molecule is CCCCC(=O)c1cc(C(F)(F)F)nn1CCN1CCCC1. The van der Waals surface area contributed by atoms with Gasteiger partial charge < -0.3 is 4.90 Å². The first-order chi connectivity index (χ1) is 10.4. The van der Waals surface area contributed by atoms with Crippen LogP contribution in [-0.4, -0.2) is 40.1 Å². The summed E-state index contributed by atoms with van der Waals surface area (Å²) >= 11 is 0. The molecule has 1 aromatic rings. The number of carbonyl (C=O) groups excluding carboxylic acids is 1. The summed E-state index contributed by atoms with van der Waals surface area (Å²) in [5.41, 5.74) is -0.895. The summed E-state index contributed by atoms with van der Waals surface area (Å²) in [4.78, 5) is 14.3. The molecule has 0 radical (unpaired) electrons. The summed E-state index contributed by atoms with van der Waals surface area (Å²) in [6, 6.07) is 0.891. The van der Waals surface area contributed by atoms with E-state index in [0.29, 0.717) is 19.5 Å². The second kappa shape index (κ2) is 7.26. The van der Waals surface area contributed by atoms with Gasteiger partial charge in [-0.05, 0) is 38.4 Å². The molecule has 1 aliphatic rings. The number of alkyl halides is 3. The van der Waals surface area contributed by atoms with Crippen molar-refractivity contribution in [1.82, 2.24) is 14.7 Å². The fourth-order valence-electron chi connectivity index (χ4n) is 2.66. The molecular weight excluding hydrogens is 295 g/mol. The standard InChI is InChI=1S/C15H22F3N3O/c1-2-3-6-13(22)12-11-14(15(16,17)18)19-21(12)10-9-20-7-4-5-8-20/h11H,2-10H2,1H3. The zero-order chi connectivity index (χ0) is 16.2. The summed E-state index contributed by atoms with van der Waals surface area (Å²) in [5.74, 6) is -0.258. The van der Waals surface area contributed by atoms with E-state index >= 15 is 0 Å². The fraction of sp³-hybridized carbons (Fsp3) is 0.733. The van der Waals surface area contributed by atoms with Crippen LogP contribution >= 0.6 is 0 Å². The zero-order valence-electron chi connectivity index (χ0n) is 12.8. The monoisotopic (exact) mass is 317 g/mol. The Labute approximate surface area is 128 Å². The van der Waals surface area contributed by atoms with Gasteiger partial charge in [-0.15, -0.1) is 0 Å². The van der Waals surface area contributed by atoms with Crippen LogP contribution in [-0.2, 0) is 12.7 Å². The highest BCUT2D eigenvalue weighted by molar-refractivity contribution is 5.94. The molecule has 1 aliphatic heterocycles. The molecule has 0 N–H and O–H groups in total. The number of halogens is 3. The number of aromatic nitrogens is 2. The molecule has 0 saturated carbocycles. The normalized spacial score (nSPS) is 16.4. The van der Waals surface area contributed by atoms with Crippen molar-refractivity contribution >= 4 is 5.78 Å². The van der Waals surface area contributed by atoms with Crippen LogP contribution in [0.4, 0.5) is 13.2 Å². The highest BCUT2D eigenvalue weighted by Gasteiger charge is 2.35. The number of nitrogens with zero attached hydrogens (tertiary/aromatic N) is 3. The van der Waals surface area contributed by atoms with Crippen LogP contribution in [0.15, 0.2) is 6.07 Å². The average molecular weight is 317 g/mol. The third-order valence-corrected chi connectivity index (χ3v) is 3.94. The molecule has 0 aliphatic carbocycles. The van der Waals surface area contributed by atoms with Gasteiger partial charge in [0.25, 0.3) is 0 Å². The van der Waals surface area contributed by atoms with Crippen molar-refractivity contribution in [3.05, 3.63) is 17.5 Å². The molecule has 1 aromatic heterocycles.